The van der Waals surface area contributed by atoms with Crippen molar-refractivity contribution in [1.82, 2.24) is 10.2 Å². The predicted octanol–water partition coefficient (Wildman–Crippen LogP) is 6.43. The summed E-state index contributed by atoms with van der Waals surface area (Å²) in [5, 5.41) is 3.69. The molecule has 4 rings (SSSR count). The first-order valence-corrected chi connectivity index (χ1v) is 17.2. The van der Waals surface area contributed by atoms with Crippen LogP contribution in [0.1, 0.15) is 50.2 Å². The maximum absolute atomic E-state index is 14.2. The van der Waals surface area contributed by atoms with Crippen LogP contribution in [0.5, 0.6) is 0 Å². The minimum atomic E-state index is -4.11. The molecule has 1 fully saturated rings. The van der Waals surface area contributed by atoms with Crippen LogP contribution in [0.2, 0.25) is 5.02 Å². The van der Waals surface area contributed by atoms with Crippen molar-refractivity contribution < 1.29 is 18.0 Å². The van der Waals surface area contributed by atoms with E-state index in [-0.39, 0.29) is 23.4 Å². The summed E-state index contributed by atoms with van der Waals surface area (Å²) in [7, 11) is -4.11. The van der Waals surface area contributed by atoms with Gasteiger partial charge >= 0.3 is 0 Å². The molecule has 0 aromatic heterocycles. The number of hydrogen-bond donors (Lipinski definition) is 1. The molecule has 0 spiro atoms. The summed E-state index contributed by atoms with van der Waals surface area (Å²) in [4.78, 5) is 30.2. The monoisotopic (exact) mass is 627 g/mol. The lowest BCUT2D eigenvalue weighted by Gasteiger charge is -2.33. The van der Waals surface area contributed by atoms with Crippen LogP contribution < -0.4 is 9.62 Å². The Hall–Kier alpha value is -3.01. The molecule has 2 amide bonds. The second-order valence-electron chi connectivity index (χ2n) is 10.6. The summed E-state index contributed by atoms with van der Waals surface area (Å²) in [5.41, 5.74) is 2.13. The molecule has 1 aliphatic rings. The van der Waals surface area contributed by atoms with Crippen LogP contribution in [0.25, 0.3) is 0 Å². The molecule has 10 heteroatoms. The molecule has 0 saturated heterocycles. The summed E-state index contributed by atoms with van der Waals surface area (Å²) in [6.07, 6.45) is 6.27. The fourth-order valence-corrected chi connectivity index (χ4v) is 7.14. The maximum Gasteiger partial charge on any atom is 0.264 e. The van der Waals surface area contributed by atoms with Crippen LogP contribution >= 0.6 is 23.4 Å². The van der Waals surface area contributed by atoms with Gasteiger partial charge in [0.05, 0.1) is 10.6 Å². The highest BCUT2D eigenvalue weighted by atomic mass is 35.5. The lowest BCUT2D eigenvalue weighted by molar-refractivity contribution is -0.140. The van der Waals surface area contributed by atoms with Crippen LogP contribution in [0.15, 0.2) is 82.6 Å². The van der Waals surface area contributed by atoms with Crippen molar-refractivity contribution in [2.75, 3.05) is 17.1 Å². The Morgan fingerprint density at radius 2 is 1.60 bits per heavy atom. The number of amides is 2. The highest BCUT2D eigenvalue weighted by Gasteiger charge is 2.34. The molecule has 0 heterocycles. The number of carbonyl (C=O) groups is 2. The lowest BCUT2D eigenvalue weighted by Crippen LogP contribution is -2.53. The molecule has 1 atom stereocenters. The zero-order chi connectivity index (χ0) is 30.3. The van der Waals surface area contributed by atoms with E-state index in [1.807, 2.05) is 44.4 Å². The molecule has 0 aliphatic heterocycles. The van der Waals surface area contributed by atoms with Crippen molar-refractivity contribution in [2.24, 2.45) is 0 Å². The summed E-state index contributed by atoms with van der Waals surface area (Å²) < 4.78 is 29.2. The first kappa shape index (κ1) is 31.9. The van der Waals surface area contributed by atoms with E-state index in [2.05, 4.69) is 5.32 Å². The molecule has 0 unspecified atom stereocenters. The molecule has 224 valence electrons. The van der Waals surface area contributed by atoms with Gasteiger partial charge in [-0.05, 0) is 86.5 Å². The molecule has 1 saturated carbocycles. The first-order valence-electron chi connectivity index (χ1n) is 14.2. The Bertz CT molecular complexity index is 1460. The van der Waals surface area contributed by atoms with Gasteiger partial charge in [0, 0.05) is 22.5 Å². The second-order valence-corrected chi connectivity index (χ2v) is 13.8. The molecule has 0 radical (unpaired) electrons. The fraction of sp³-hybridized carbons (Fsp3) is 0.375. The van der Waals surface area contributed by atoms with Crippen LogP contribution in [0.3, 0.4) is 0 Å². The van der Waals surface area contributed by atoms with Gasteiger partial charge in [0.2, 0.25) is 11.8 Å². The molecule has 42 heavy (non-hydrogen) atoms. The predicted molar refractivity (Wildman–Crippen MR) is 170 cm³/mol. The van der Waals surface area contributed by atoms with Gasteiger partial charge in [-0.3, -0.25) is 13.9 Å². The van der Waals surface area contributed by atoms with E-state index in [1.165, 1.54) is 16.7 Å². The number of aryl methyl sites for hydroxylation is 1. The number of sulfonamides is 1. The molecule has 1 N–H and O–H groups in total. The van der Waals surface area contributed by atoms with Gasteiger partial charge in [-0.2, -0.15) is 0 Å². The van der Waals surface area contributed by atoms with Crippen molar-refractivity contribution in [3.63, 3.8) is 0 Å². The summed E-state index contributed by atoms with van der Waals surface area (Å²) >= 11 is 7.62. The number of rotatable bonds is 12. The van der Waals surface area contributed by atoms with E-state index < -0.39 is 28.5 Å². The van der Waals surface area contributed by atoms with Crippen molar-refractivity contribution >= 4 is 50.9 Å². The Morgan fingerprint density at radius 1 is 0.976 bits per heavy atom. The number of thioether (sulfide) groups is 1. The van der Waals surface area contributed by atoms with E-state index in [0.29, 0.717) is 17.1 Å². The summed E-state index contributed by atoms with van der Waals surface area (Å²) in [6, 6.07) is 20.1. The normalized spacial score (nSPS) is 14.4. The van der Waals surface area contributed by atoms with Crippen LogP contribution in [0, 0.1) is 6.92 Å². The number of benzene rings is 3. The van der Waals surface area contributed by atoms with Crippen LogP contribution in [0.4, 0.5) is 5.69 Å². The van der Waals surface area contributed by atoms with E-state index >= 15 is 0 Å². The first-order chi connectivity index (χ1) is 20.1. The third kappa shape index (κ3) is 7.88. The van der Waals surface area contributed by atoms with Gasteiger partial charge in [0.25, 0.3) is 10.0 Å². The lowest BCUT2D eigenvalue weighted by atomic mass is 10.1. The van der Waals surface area contributed by atoms with Crippen molar-refractivity contribution in [2.45, 2.75) is 74.4 Å². The van der Waals surface area contributed by atoms with E-state index in [0.717, 1.165) is 46.0 Å². The maximum atomic E-state index is 14.2. The van der Waals surface area contributed by atoms with Crippen LogP contribution in [-0.2, 0) is 26.2 Å². The van der Waals surface area contributed by atoms with Gasteiger partial charge in [-0.1, -0.05) is 61.2 Å². The standard InChI is InChI=1S/C32H38ClN3O4S2/c1-4-30(32(38)34-26-7-5-6-8-26)35(21-24-11-13-25(33)14-12-24)31(37)22-36(27-15-9-23(2)10-16-27)42(39,40)29-19-17-28(41-3)18-20-29/h9-20,26,30H,4-8,21-22H2,1-3H3,(H,34,38)/t30-/m0/s1. The Kier molecular flexibility index (Phi) is 11.0. The topological polar surface area (TPSA) is 86.8 Å². The Morgan fingerprint density at radius 3 is 2.17 bits per heavy atom. The van der Waals surface area contributed by atoms with Gasteiger partial charge < -0.3 is 10.2 Å². The van der Waals surface area contributed by atoms with Gasteiger partial charge in [-0.15, -0.1) is 11.8 Å². The molecule has 3 aromatic rings. The molecule has 7 nitrogen and oxygen atoms in total. The smallest absolute Gasteiger partial charge is 0.264 e. The second kappa shape index (κ2) is 14.4. The third-order valence-corrected chi connectivity index (χ3v) is 10.4. The SMILES string of the molecule is CC[C@@H](C(=O)NC1CCCC1)N(Cc1ccc(Cl)cc1)C(=O)CN(c1ccc(C)cc1)S(=O)(=O)c1ccc(SC)cc1. The fourth-order valence-electron chi connectivity index (χ4n) is 5.19. The van der Waals surface area contributed by atoms with E-state index in [4.69, 9.17) is 11.6 Å². The number of hydrogen-bond acceptors (Lipinski definition) is 5. The zero-order valence-corrected chi connectivity index (χ0v) is 26.6. The molecule has 0 bridgehead atoms. The minimum absolute atomic E-state index is 0.0870. The largest absolute Gasteiger partial charge is 0.352 e. The van der Waals surface area contributed by atoms with Crippen molar-refractivity contribution in [1.29, 1.82) is 0 Å². The average molecular weight is 628 g/mol. The third-order valence-electron chi connectivity index (χ3n) is 7.60. The number of halogens is 1. The molecule has 1 aliphatic carbocycles. The number of nitrogens with zero attached hydrogens (tertiary/aromatic N) is 2. The van der Waals surface area contributed by atoms with Gasteiger partial charge in [-0.25, -0.2) is 8.42 Å². The quantitative estimate of drug-likeness (QED) is 0.234. The Balaban J connectivity index is 1.70. The number of carbonyl (C=O) groups excluding carboxylic acids is 2. The number of anilines is 1. The van der Waals surface area contributed by atoms with Crippen LogP contribution in [-0.4, -0.2) is 50.0 Å². The van der Waals surface area contributed by atoms with Crippen molar-refractivity contribution in [3.8, 4) is 0 Å². The van der Waals surface area contributed by atoms with E-state index in [9.17, 15) is 18.0 Å². The van der Waals surface area contributed by atoms with Gasteiger partial charge in [0.15, 0.2) is 0 Å². The Labute approximate surface area is 258 Å². The molecular formula is C32H38ClN3O4S2. The molecular weight excluding hydrogens is 590 g/mol. The highest BCUT2D eigenvalue weighted by Crippen LogP contribution is 2.27. The van der Waals surface area contributed by atoms with Crippen molar-refractivity contribution in [3.05, 3.63) is 88.9 Å². The summed E-state index contributed by atoms with van der Waals surface area (Å²) in [5.74, 6) is -0.688. The molecule has 3 aromatic carbocycles. The summed E-state index contributed by atoms with van der Waals surface area (Å²) in [6.45, 7) is 3.45. The highest BCUT2D eigenvalue weighted by molar-refractivity contribution is 7.98. The average Bonchev–Trinajstić information content (AvgIpc) is 3.50. The number of nitrogens with one attached hydrogen (secondary N) is 1. The van der Waals surface area contributed by atoms with E-state index in [1.54, 1.807) is 48.5 Å². The van der Waals surface area contributed by atoms with Gasteiger partial charge in [0.1, 0.15) is 12.6 Å². The zero-order valence-electron chi connectivity index (χ0n) is 24.3. The minimum Gasteiger partial charge on any atom is -0.352 e.